The van der Waals surface area contributed by atoms with Gasteiger partial charge in [0, 0.05) is 30.9 Å². The normalized spacial score (nSPS) is 26.0. The molecule has 1 aromatic rings. The second-order valence-corrected chi connectivity index (χ2v) is 8.28. The standard InChI is InChI=1S/C16H22N4O2S/c1-22-14-7-17-13(6-18-14)15(21)20-9-16(10-20)5-12(8-23-16)19-11-3-2-4-11/h6-7,11-12,19H,2-5,8-10H2,1H3. The fourth-order valence-corrected chi connectivity index (χ4v) is 5.15. The van der Waals surface area contributed by atoms with Crippen LogP contribution < -0.4 is 10.1 Å². The van der Waals surface area contributed by atoms with E-state index in [1.54, 1.807) is 0 Å². The maximum Gasteiger partial charge on any atom is 0.274 e. The van der Waals surface area contributed by atoms with Gasteiger partial charge in [-0.2, -0.15) is 0 Å². The Kier molecular flexibility index (Phi) is 3.93. The first-order valence-corrected chi connectivity index (χ1v) is 9.21. The minimum Gasteiger partial charge on any atom is -0.480 e. The van der Waals surface area contributed by atoms with Crippen LogP contribution in [-0.2, 0) is 0 Å². The molecule has 124 valence electrons. The topological polar surface area (TPSA) is 67.3 Å². The predicted molar refractivity (Wildman–Crippen MR) is 88.9 cm³/mol. The van der Waals surface area contributed by atoms with Gasteiger partial charge >= 0.3 is 0 Å². The van der Waals surface area contributed by atoms with Crippen LogP contribution in [0.2, 0.25) is 0 Å². The summed E-state index contributed by atoms with van der Waals surface area (Å²) in [4.78, 5) is 22.5. The van der Waals surface area contributed by atoms with E-state index < -0.39 is 0 Å². The number of rotatable bonds is 4. The lowest BCUT2D eigenvalue weighted by Crippen LogP contribution is -2.61. The molecule has 23 heavy (non-hydrogen) atoms. The minimum absolute atomic E-state index is 0.0261. The molecule has 3 fully saturated rings. The number of likely N-dealkylation sites (tertiary alicyclic amines) is 1. The largest absolute Gasteiger partial charge is 0.480 e. The molecule has 1 N–H and O–H groups in total. The molecule has 1 amide bonds. The van der Waals surface area contributed by atoms with E-state index in [0.29, 0.717) is 17.6 Å². The number of amides is 1. The van der Waals surface area contributed by atoms with Crippen LogP contribution in [0.3, 0.4) is 0 Å². The van der Waals surface area contributed by atoms with Crippen LogP contribution in [0.5, 0.6) is 5.88 Å². The molecule has 0 radical (unpaired) electrons. The van der Waals surface area contributed by atoms with Gasteiger partial charge in [0.1, 0.15) is 5.69 Å². The summed E-state index contributed by atoms with van der Waals surface area (Å²) in [5, 5.41) is 3.77. The summed E-state index contributed by atoms with van der Waals surface area (Å²) in [6, 6.07) is 1.35. The summed E-state index contributed by atoms with van der Waals surface area (Å²) < 4.78 is 5.24. The van der Waals surface area contributed by atoms with Gasteiger partial charge in [-0.05, 0) is 19.3 Å². The third-order valence-electron chi connectivity index (χ3n) is 5.09. The van der Waals surface area contributed by atoms with Crippen LogP contribution in [0.25, 0.3) is 0 Å². The van der Waals surface area contributed by atoms with Crippen molar-refractivity contribution in [2.75, 3.05) is 26.0 Å². The molecule has 1 spiro atoms. The van der Waals surface area contributed by atoms with E-state index in [2.05, 4.69) is 15.3 Å². The molecule has 3 heterocycles. The van der Waals surface area contributed by atoms with E-state index >= 15 is 0 Å². The van der Waals surface area contributed by atoms with Crippen LogP contribution in [-0.4, -0.2) is 63.6 Å². The lowest BCUT2D eigenvalue weighted by Gasteiger charge is -2.47. The fourth-order valence-electron chi connectivity index (χ4n) is 3.57. The van der Waals surface area contributed by atoms with Crippen molar-refractivity contribution in [3.05, 3.63) is 18.1 Å². The van der Waals surface area contributed by atoms with Crippen molar-refractivity contribution >= 4 is 17.7 Å². The highest BCUT2D eigenvalue weighted by atomic mass is 32.2. The maximum absolute atomic E-state index is 12.4. The Morgan fingerprint density at radius 2 is 2.17 bits per heavy atom. The van der Waals surface area contributed by atoms with Crippen LogP contribution in [0.1, 0.15) is 36.2 Å². The van der Waals surface area contributed by atoms with Gasteiger partial charge in [0.15, 0.2) is 0 Å². The Hall–Kier alpha value is -1.34. The van der Waals surface area contributed by atoms with Crippen molar-refractivity contribution in [1.29, 1.82) is 0 Å². The maximum atomic E-state index is 12.4. The van der Waals surface area contributed by atoms with Crippen molar-refractivity contribution in [2.45, 2.75) is 42.5 Å². The first-order valence-electron chi connectivity index (χ1n) is 8.23. The predicted octanol–water partition coefficient (Wildman–Crippen LogP) is 1.33. The molecule has 1 atom stereocenters. The lowest BCUT2D eigenvalue weighted by atomic mass is 9.89. The Morgan fingerprint density at radius 1 is 1.35 bits per heavy atom. The highest BCUT2D eigenvalue weighted by Crippen LogP contribution is 2.45. The number of nitrogens with zero attached hydrogens (tertiary/aromatic N) is 3. The molecule has 0 aromatic carbocycles. The quantitative estimate of drug-likeness (QED) is 0.896. The van der Waals surface area contributed by atoms with Gasteiger partial charge in [-0.1, -0.05) is 6.42 Å². The average molecular weight is 334 g/mol. The fraction of sp³-hybridized carbons (Fsp3) is 0.688. The minimum atomic E-state index is -0.0261. The highest BCUT2D eigenvalue weighted by Gasteiger charge is 2.51. The second-order valence-electron chi connectivity index (χ2n) is 6.79. The number of methoxy groups -OCH3 is 1. The van der Waals surface area contributed by atoms with Gasteiger partial charge in [-0.15, -0.1) is 11.8 Å². The number of hydrogen-bond donors (Lipinski definition) is 1. The Bertz CT molecular complexity index is 584. The van der Waals surface area contributed by atoms with Crippen LogP contribution in [0.15, 0.2) is 12.4 Å². The Balaban J connectivity index is 1.31. The molecule has 6 nitrogen and oxygen atoms in total. The summed E-state index contributed by atoms with van der Waals surface area (Å²) in [6.45, 7) is 1.65. The number of carbonyl (C=O) groups excluding carboxylic acids is 1. The summed E-state index contributed by atoms with van der Waals surface area (Å²) >= 11 is 2.03. The van der Waals surface area contributed by atoms with E-state index in [-0.39, 0.29) is 10.7 Å². The van der Waals surface area contributed by atoms with Crippen molar-refractivity contribution in [3.63, 3.8) is 0 Å². The molecular weight excluding hydrogens is 312 g/mol. The SMILES string of the molecule is COc1cnc(C(=O)N2CC3(CC(NC4CCC4)CS3)C2)cn1. The molecule has 0 bridgehead atoms. The molecule has 1 unspecified atom stereocenters. The van der Waals surface area contributed by atoms with Gasteiger partial charge in [-0.3, -0.25) is 4.79 Å². The summed E-state index contributed by atoms with van der Waals surface area (Å²) in [7, 11) is 1.54. The van der Waals surface area contributed by atoms with Crippen LogP contribution >= 0.6 is 11.8 Å². The smallest absolute Gasteiger partial charge is 0.274 e. The number of thioether (sulfide) groups is 1. The Morgan fingerprint density at radius 3 is 2.78 bits per heavy atom. The van der Waals surface area contributed by atoms with Gasteiger partial charge in [0.25, 0.3) is 5.91 Å². The molecule has 1 aliphatic carbocycles. The van der Waals surface area contributed by atoms with Gasteiger partial charge in [0.2, 0.25) is 5.88 Å². The molecule has 2 saturated heterocycles. The molecule has 3 aliphatic rings. The van der Waals surface area contributed by atoms with Crippen molar-refractivity contribution < 1.29 is 9.53 Å². The number of aromatic nitrogens is 2. The van der Waals surface area contributed by atoms with E-state index in [0.717, 1.165) is 19.1 Å². The summed E-state index contributed by atoms with van der Waals surface area (Å²) in [6.07, 6.45) is 8.19. The highest BCUT2D eigenvalue weighted by molar-refractivity contribution is 8.01. The van der Waals surface area contributed by atoms with E-state index in [9.17, 15) is 4.79 Å². The molecule has 4 rings (SSSR count). The zero-order chi connectivity index (χ0) is 15.9. The van der Waals surface area contributed by atoms with Gasteiger partial charge in [0.05, 0.1) is 24.3 Å². The number of nitrogens with one attached hydrogen (secondary N) is 1. The number of hydrogen-bond acceptors (Lipinski definition) is 6. The third-order valence-corrected chi connectivity index (χ3v) is 6.69. The third kappa shape index (κ3) is 2.92. The van der Waals surface area contributed by atoms with E-state index in [4.69, 9.17) is 4.74 Å². The monoisotopic (exact) mass is 334 g/mol. The van der Waals surface area contributed by atoms with Gasteiger partial charge in [-0.25, -0.2) is 9.97 Å². The summed E-state index contributed by atoms with van der Waals surface area (Å²) in [5.41, 5.74) is 0.396. The molecule has 1 saturated carbocycles. The van der Waals surface area contributed by atoms with Crippen molar-refractivity contribution in [2.24, 2.45) is 0 Å². The molecule has 1 aromatic heterocycles. The van der Waals surface area contributed by atoms with Crippen molar-refractivity contribution in [3.8, 4) is 5.88 Å². The lowest BCUT2D eigenvalue weighted by molar-refractivity contribution is 0.0542. The summed E-state index contributed by atoms with van der Waals surface area (Å²) in [5.74, 6) is 1.57. The van der Waals surface area contributed by atoms with Crippen molar-refractivity contribution in [1.82, 2.24) is 20.2 Å². The first kappa shape index (κ1) is 15.2. The zero-order valence-corrected chi connectivity index (χ0v) is 14.1. The number of carbonyl (C=O) groups is 1. The number of ether oxygens (including phenoxy) is 1. The zero-order valence-electron chi connectivity index (χ0n) is 13.3. The Labute approximate surface area is 140 Å². The second kappa shape index (κ2) is 5.94. The molecule has 2 aliphatic heterocycles. The first-order chi connectivity index (χ1) is 11.2. The van der Waals surface area contributed by atoms with Crippen LogP contribution in [0.4, 0.5) is 0 Å². The average Bonchev–Trinajstić information content (AvgIpc) is 2.93. The molecular formula is C16H22N4O2S. The van der Waals surface area contributed by atoms with E-state index in [1.807, 2.05) is 16.7 Å². The van der Waals surface area contributed by atoms with Gasteiger partial charge < -0.3 is 15.0 Å². The molecule has 7 heteroatoms. The van der Waals surface area contributed by atoms with E-state index in [1.165, 1.54) is 50.9 Å². The van der Waals surface area contributed by atoms with Crippen LogP contribution in [0, 0.1) is 0 Å².